The number of hydrogen-bond acceptors (Lipinski definition) is 4. The van der Waals surface area contributed by atoms with Gasteiger partial charge in [0, 0.05) is 53.9 Å². The summed E-state index contributed by atoms with van der Waals surface area (Å²) in [7, 11) is 3.55. The molecule has 0 radical (unpaired) electrons. The smallest absolute Gasteiger partial charge is 0.340 e. The fourth-order valence-electron chi connectivity index (χ4n) is 7.86. The number of aromatic carboxylic acids is 1. The summed E-state index contributed by atoms with van der Waals surface area (Å²) in [6.45, 7) is 10.3. The van der Waals surface area contributed by atoms with Crippen LogP contribution in [-0.4, -0.2) is 49.0 Å². The third-order valence-electron chi connectivity index (χ3n) is 10.2. The molecule has 7 rings (SSSR count). The zero-order chi connectivity index (χ0) is 36.6. The number of carbonyl (C=O) groups excluding carboxylic acids is 1. The first-order valence-corrected chi connectivity index (χ1v) is 17.6. The molecule has 1 atom stereocenters. The van der Waals surface area contributed by atoms with E-state index in [1.54, 1.807) is 17.7 Å². The van der Waals surface area contributed by atoms with E-state index in [0.29, 0.717) is 40.7 Å². The fourth-order valence-corrected chi connectivity index (χ4v) is 8.22. The second kappa shape index (κ2) is 12.8. The first-order valence-electron chi connectivity index (χ1n) is 16.8. The van der Waals surface area contributed by atoms with Crippen molar-refractivity contribution in [2.75, 3.05) is 18.1 Å². The maximum atomic E-state index is 15.2. The minimum Gasteiger partial charge on any atom is -0.494 e. The Bertz CT molecular complexity index is 2420. The Hall–Kier alpha value is -4.80. The first-order chi connectivity index (χ1) is 24.2. The van der Waals surface area contributed by atoms with Crippen molar-refractivity contribution >= 4 is 62.7 Å². The lowest BCUT2D eigenvalue weighted by molar-refractivity contribution is 0.0699. The topological polar surface area (TPSA) is 94.5 Å². The van der Waals surface area contributed by atoms with Gasteiger partial charge in [0.25, 0.3) is 5.91 Å². The van der Waals surface area contributed by atoms with E-state index in [-0.39, 0.29) is 35.3 Å². The van der Waals surface area contributed by atoms with Gasteiger partial charge in [-0.3, -0.25) is 14.4 Å². The van der Waals surface area contributed by atoms with Crippen LogP contribution in [-0.2, 0) is 20.5 Å². The summed E-state index contributed by atoms with van der Waals surface area (Å²) in [5.74, 6) is -1.49. The number of benzene rings is 3. The number of nitrogens with zero attached hydrogens (tertiary/aromatic N) is 5. The van der Waals surface area contributed by atoms with Crippen molar-refractivity contribution in [1.29, 1.82) is 0 Å². The normalized spacial score (nSPS) is 14.6. The summed E-state index contributed by atoms with van der Waals surface area (Å²) < 4.78 is 26.9. The van der Waals surface area contributed by atoms with Gasteiger partial charge in [-0.1, -0.05) is 35.3 Å². The molecule has 1 N–H and O–H groups in total. The van der Waals surface area contributed by atoms with E-state index in [1.165, 1.54) is 17.0 Å². The van der Waals surface area contributed by atoms with Crippen LogP contribution in [0.1, 0.15) is 68.3 Å². The monoisotopic (exact) mass is 729 g/mol. The lowest BCUT2D eigenvalue weighted by atomic mass is 9.98. The Morgan fingerprint density at radius 3 is 2.41 bits per heavy atom. The summed E-state index contributed by atoms with van der Waals surface area (Å²) in [6, 6.07) is 11.7. The quantitative estimate of drug-likeness (QED) is 0.158. The third kappa shape index (κ3) is 5.38. The number of aromatic nitrogens is 4. The molecule has 9 nitrogen and oxygen atoms in total. The second-order valence-electron chi connectivity index (χ2n) is 13.5. The highest BCUT2D eigenvalue weighted by atomic mass is 35.5. The molecule has 1 aliphatic rings. The minimum absolute atomic E-state index is 0.0317. The van der Waals surface area contributed by atoms with Gasteiger partial charge in [-0.05, 0) is 94.5 Å². The van der Waals surface area contributed by atoms with Gasteiger partial charge in [0.15, 0.2) is 0 Å². The Morgan fingerprint density at radius 1 is 1.06 bits per heavy atom. The van der Waals surface area contributed by atoms with E-state index in [0.717, 1.165) is 55.9 Å². The zero-order valence-corrected chi connectivity index (χ0v) is 31.0. The van der Waals surface area contributed by atoms with Crippen LogP contribution in [0.2, 0.25) is 10.0 Å². The molecule has 0 fully saturated rings. The van der Waals surface area contributed by atoms with Crippen molar-refractivity contribution in [3.05, 3.63) is 97.7 Å². The highest BCUT2D eigenvalue weighted by Crippen LogP contribution is 2.46. The minimum atomic E-state index is -1.31. The molecule has 264 valence electrons. The molecule has 0 aliphatic carbocycles. The molecule has 3 aromatic carbocycles. The maximum Gasteiger partial charge on any atom is 0.340 e. The Kier molecular flexibility index (Phi) is 8.66. The number of halogens is 3. The Labute approximate surface area is 304 Å². The SMILES string of the molecule is Cc1cc(OCCCc2c3n(c4c(-c5c(C)nn(C)c5C)c(Cl)ccc24)[C@H](C)CN(c2c(C(=O)O)c4c(F)cccc4n2C)C3=O)cc(C)c1Cl. The molecule has 1 aliphatic heterocycles. The summed E-state index contributed by atoms with van der Waals surface area (Å²) in [5.41, 5.74) is 7.49. The van der Waals surface area contributed by atoms with Crippen molar-refractivity contribution < 1.29 is 23.8 Å². The first kappa shape index (κ1) is 34.6. The molecule has 6 aromatic rings. The second-order valence-corrected chi connectivity index (χ2v) is 14.3. The molecular formula is C39H38Cl2FN5O4. The number of amides is 1. The van der Waals surface area contributed by atoms with E-state index in [4.69, 9.17) is 27.9 Å². The molecule has 3 aromatic heterocycles. The molecule has 0 bridgehead atoms. The van der Waals surface area contributed by atoms with Gasteiger partial charge >= 0.3 is 5.97 Å². The van der Waals surface area contributed by atoms with Crippen LogP contribution in [0.15, 0.2) is 42.5 Å². The summed E-state index contributed by atoms with van der Waals surface area (Å²) in [6.07, 6.45) is 1.06. The Morgan fingerprint density at radius 2 is 1.76 bits per heavy atom. The van der Waals surface area contributed by atoms with Gasteiger partial charge in [-0.15, -0.1) is 0 Å². The summed E-state index contributed by atoms with van der Waals surface area (Å²) >= 11 is 13.4. The Balaban J connectivity index is 1.41. The number of ether oxygens (including phenoxy) is 1. The van der Waals surface area contributed by atoms with Gasteiger partial charge in [0.2, 0.25) is 0 Å². The van der Waals surface area contributed by atoms with Crippen LogP contribution in [0, 0.1) is 33.5 Å². The van der Waals surface area contributed by atoms with Crippen LogP contribution in [0.25, 0.3) is 32.9 Å². The van der Waals surface area contributed by atoms with Crippen molar-refractivity contribution in [1.82, 2.24) is 18.9 Å². The van der Waals surface area contributed by atoms with Crippen LogP contribution < -0.4 is 9.64 Å². The zero-order valence-electron chi connectivity index (χ0n) is 29.5. The van der Waals surface area contributed by atoms with Crippen molar-refractivity contribution in [2.45, 2.75) is 53.5 Å². The predicted molar refractivity (Wildman–Crippen MR) is 200 cm³/mol. The van der Waals surface area contributed by atoms with E-state index >= 15 is 4.39 Å². The average Bonchev–Trinajstić information content (AvgIpc) is 3.66. The molecule has 0 saturated carbocycles. The van der Waals surface area contributed by atoms with E-state index in [2.05, 4.69) is 5.10 Å². The van der Waals surface area contributed by atoms with Gasteiger partial charge in [-0.25, -0.2) is 9.18 Å². The van der Waals surface area contributed by atoms with Crippen LogP contribution in [0.5, 0.6) is 5.75 Å². The van der Waals surface area contributed by atoms with Crippen molar-refractivity contribution in [2.24, 2.45) is 14.1 Å². The van der Waals surface area contributed by atoms with Gasteiger partial charge in [0.1, 0.15) is 28.6 Å². The largest absolute Gasteiger partial charge is 0.494 e. The number of fused-ring (bicyclic) bond motifs is 4. The number of carbonyl (C=O) groups is 2. The predicted octanol–water partition coefficient (Wildman–Crippen LogP) is 9.14. The van der Waals surface area contributed by atoms with Gasteiger partial charge in [0.05, 0.1) is 33.7 Å². The van der Waals surface area contributed by atoms with Crippen LogP contribution in [0.4, 0.5) is 10.2 Å². The summed E-state index contributed by atoms with van der Waals surface area (Å²) in [4.78, 5) is 29.3. The molecule has 51 heavy (non-hydrogen) atoms. The molecule has 0 saturated heterocycles. The lowest BCUT2D eigenvalue weighted by Crippen LogP contribution is -2.44. The number of carboxylic acids is 1. The molecule has 1 amide bonds. The van der Waals surface area contributed by atoms with E-state index < -0.39 is 11.8 Å². The number of carboxylic acid groups (broad SMARTS) is 1. The lowest BCUT2D eigenvalue weighted by Gasteiger charge is -2.34. The van der Waals surface area contributed by atoms with Gasteiger partial charge in [-0.2, -0.15) is 5.10 Å². The molecule has 0 unspecified atom stereocenters. The van der Waals surface area contributed by atoms with Crippen molar-refractivity contribution in [3.8, 4) is 16.9 Å². The summed E-state index contributed by atoms with van der Waals surface area (Å²) in [5, 5.41) is 17.2. The number of anilines is 1. The van der Waals surface area contributed by atoms with Crippen LogP contribution in [0.3, 0.4) is 0 Å². The molecule has 12 heteroatoms. The van der Waals surface area contributed by atoms with Crippen molar-refractivity contribution in [3.63, 3.8) is 0 Å². The molecular weight excluding hydrogens is 692 g/mol. The number of hydrogen-bond donors (Lipinski definition) is 1. The highest BCUT2D eigenvalue weighted by Gasteiger charge is 2.40. The van der Waals surface area contributed by atoms with Crippen LogP contribution >= 0.6 is 23.2 Å². The molecule has 0 spiro atoms. The molecule has 4 heterocycles. The number of aryl methyl sites for hydroxylation is 6. The fraction of sp³-hybridized carbons (Fsp3) is 0.308. The maximum absolute atomic E-state index is 15.2. The highest BCUT2D eigenvalue weighted by molar-refractivity contribution is 6.35. The average molecular weight is 731 g/mol. The van der Waals surface area contributed by atoms with Gasteiger partial charge < -0.3 is 19.0 Å². The van der Waals surface area contributed by atoms with E-state index in [1.807, 2.05) is 75.2 Å². The third-order valence-corrected chi connectivity index (χ3v) is 11.1. The number of rotatable bonds is 8. The van der Waals surface area contributed by atoms with E-state index in [9.17, 15) is 14.7 Å². The standard InChI is InChI=1S/C39H38Cl2FN5O4/c1-19-16-24(17-20(2)34(19)41)51-15-9-10-25-26-13-14-27(40)31(30-22(4)43-45(7)23(30)5)35(26)47-21(3)18-46(38(48)36(25)47)37-33(39(49)50)32-28(42)11-8-12-29(32)44(37)6/h8,11-14,16-17,21H,9-10,15,18H2,1-7H3,(H,49,50)/t21-/m1/s1.